The number of hydrogen-bond donors (Lipinski definition) is 2. The van der Waals surface area contributed by atoms with E-state index >= 15 is 0 Å². The van der Waals surface area contributed by atoms with Crippen LogP contribution in [0.4, 0.5) is 0 Å². The van der Waals surface area contributed by atoms with Gasteiger partial charge in [-0.1, -0.05) is 19.3 Å². The quantitative estimate of drug-likeness (QED) is 0.430. The van der Waals surface area contributed by atoms with Gasteiger partial charge in [0.05, 0.1) is 0 Å². The smallest absolute Gasteiger partial charge is 0.00519 e. The maximum Gasteiger partial charge on any atom is -0.00519 e. The van der Waals surface area contributed by atoms with Crippen LogP contribution in [0.5, 0.6) is 0 Å². The van der Waals surface area contributed by atoms with Gasteiger partial charge >= 0.3 is 0 Å². The number of rotatable bonds is 7. The molecule has 0 aromatic carbocycles. The summed E-state index contributed by atoms with van der Waals surface area (Å²) in [4.78, 5) is 0. The summed E-state index contributed by atoms with van der Waals surface area (Å²) in [5.74, 6) is 1.05. The van der Waals surface area contributed by atoms with Crippen molar-refractivity contribution in [3.05, 3.63) is 0 Å². The third kappa shape index (κ3) is 8.31. The number of unbranched alkanes of at least 4 members (excludes halogenated alkanes) is 4. The van der Waals surface area contributed by atoms with Crippen molar-refractivity contribution in [2.75, 3.05) is 19.3 Å². The molecule has 0 aliphatic carbocycles. The van der Waals surface area contributed by atoms with Crippen molar-refractivity contribution in [2.24, 2.45) is 0 Å². The molecule has 0 heterocycles. The number of hydrogen-bond acceptors (Lipinski definition) is 2. The highest BCUT2D eigenvalue weighted by molar-refractivity contribution is 7.80. The first kappa shape index (κ1) is 10.3. The Morgan fingerprint density at radius 3 is 2.20 bits per heavy atom. The highest BCUT2D eigenvalue weighted by Gasteiger charge is 1.87. The highest BCUT2D eigenvalue weighted by atomic mass is 32.1. The second-order valence-corrected chi connectivity index (χ2v) is 3.04. The Bertz CT molecular complexity index is 49.2. The van der Waals surface area contributed by atoms with Crippen molar-refractivity contribution in [2.45, 2.75) is 32.1 Å². The highest BCUT2D eigenvalue weighted by Crippen LogP contribution is 2.02. The molecular formula is C8H19NS. The van der Waals surface area contributed by atoms with Crippen molar-refractivity contribution >= 4 is 12.6 Å². The molecule has 0 radical (unpaired) electrons. The zero-order chi connectivity index (χ0) is 7.66. The van der Waals surface area contributed by atoms with E-state index in [4.69, 9.17) is 0 Å². The lowest BCUT2D eigenvalue weighted by molar-refractivity contribution is 0.612. The Labute approximate surface area is 70.0 Å². The minimum atomic E-state index is 1.05. The van der Waals surface area contributed by atoms with E-state index in [9.17, 15) is 0 Å². The number of thiol groups is 1. The first-order valence-electron chi connectivity index (χ1n) is 4.17. The van der Waals surface area contributed by atoms with Crippen LogP contribution in [-0.2, 0) is 0 Å². The zero-order valence-electron chi connectivity index (χ0n) is 6.90. The maximum atomic E-state index is 4.15. The summed E-state index contributed by atoms with van der Waals surface area (Å²) >= 11 is 4.15. The van der Waals surface area contributed by atoms with Gasteiger partial charge in [0.1, 0.15) is 0 Å². The molecule has 2 heteroatoms. The zero-order valence-corrected chi connectivity index (χ0v) is 7.79. The summed E-state index contributed by atoms with van der Waals surface area (Å²) in [6, 6.07) is 0. The SMILES string of the molecule is CNCCCCCCCS. The van der Waals surface area contributed by atoms with E-state index in [2.05, 4.69) is 17.9 Å². The Morgan fingerprint density at radius 2 is 1.60 bits per heavy atom. The van der Waals surface area contributed by atoms with Crippen molar-refractivity contribution in [1.82, 2.24) is 5.32 Å². The molecule has 0 bridgehead atoms. The van der Waals surface area contributed by atoms with Crippen molar-refractivity contribution < 1.29 is 0 Å². The second kappa shape index (κ2) is 9.31. The minimum Gasteiger partial charge on any atom is -0.320 e. The van der Waals surface area contributed by atoms with Crippen LogP contribution in [0.1, 0.15) is 32.1 Å². The average Bonchev–Trinajstić information content (AvgIpc) is 1.97. The predicted molar refractivity (Wildman–Crippen MR) is 50.9 cm³/mol. The number of nitrogens with one attached hydrogen (secondary N) is 1. The lowest BCUT2D eigenvalue weighted by Crippen LogP contribution is -2.06. The molecule has 0 aliphatic rings. The van der Waals surface area contributed by atoms with E-state index in [0.717, 1.165) is 5.75 Å². The van der Waals surface area contributed by atoms with E-state index in [-0.39, 0.29) is 0 Å². The van der Waals surface area contributed by atoms with Crippen LogP contribution in [0.3, 0.4) is 0 Å². The molecule has 0 unspecified atom stereocenters. The van der Waals surface area contributed by atoms with Gasteiger partial charge in [-0.3, -0.25) is 0 Å². The first-order chi connectivity index (χ1) is 4.91. The molecule has 0 saturated heterocycles. The van der Waals surface area contributed by atoms with Gasteiger partial charge < -0.3 is 5.32 Å². The molecule has 0 aromatic heterocycles. The Balaban J connectivity index is 2.65. The van der Waals surface area contributed by atoms with Gasteiger partial charge in [0.15, 0.2) is 0 Å². The Kier molecular flexibility index (Phi) is 9.60. The summed E-state index contributed by atoms with van der Waals surface area (Å²) in [7, 11) is 2.01. The summed E-state index contributed by atoms with van der Waals surface area (Å²) < 4.78 is 0. The summed E-state index contributed by atoms with van der Waals surface area (Å²) in [6.45, 7) is 1.17. The Morgan fingerprint density at radius 1 is 1.00 bits per heavy atom. The molecule has 0 aromatic rings. The van der Waals surface area contributed by atoms with Gasteiger partial charge in [-0.05, 0) is 32.2 Å². The molecule has 0 spiro atoms. The van der Waals surface area contributed by atoms with E-state index in [1.165, 1.54) is 38.6 Å². The third-order valence-electron chi connectivity index (χ3n) is 1.58. The van der Waals surface area contributed by atoms with Gasteiger partial charge in [0.25, 0.3) is 0 Å². The second-order valence-electron chi connectivity index (χ2n) is 2.59. The Hall–Kier alpha value is 0.310. The van der Waals surface area contributed by atoms with Crippen LogP contribution >= 0.6 is 12.6 Å². The fraction of sp³-hybridized carbons (Fsp3) is 1.00. The molecule has 0 amide bonds. The van der Waals surface area contributed by atoms with E-state index < -0.39 is 0 Å². The normalized spacial score (nSPS) is 10.2. The lowest BCUT2D eigenvalue weighted by atomic mass is 10.1. The molecule has 0 rings (SSSR count). The van der Waals surface area contributed by atoms with Crippen LogP contribution in [0, 0.1) is 0 Å². The monoisotopic (exact) mass is 161 g/mol. The van der Waals surface area contributed by atoms with Crippen molar-refractivity contribution in [3.8, 4) is 0 Å². The summed E-state index contributed by atoms with van der Waals surface area (Å²) in [6.07, 6.45) is 6.70. The summed E-state index contributed by atoms with van der Waals surface area (Å²) in [5.41, 5.74) is 0. The van der Waals surface area contributed by atoms with E-state index in [1.54, 1.807) is 0 Å². The van der Waals surface area contributed by atoms with Crippen LogP contribution in [-0.4, -0.2) is 19.3 Å². The van der Waals surface area contributed by atoms with Crippen molar-refractivity contribution in [3.63, 3.8) is 0 Å². The molecular weight excluding hydrogens is 142 g/mol. The van der Waals surface area contributed by atoms with E-state index in [0.29, 0.717) is 0 Å². The van der Waals surface area contributed by atoms with Gasteiger partial charge in [-0.2, -0.15) is 12.6 Å². The maximum absolute atomic E-state index is 4.15. The lowest BCUT2D eigenvalue weighted by Gasteiger charge is -1.98. The minimum absolute atomic E-state index is 1.05. The largest absolute Gasteiger partial charge is 0.320 e. The van der Waals surface area contributed by atoms with Gasteiger partial charge in [-0.25, -0.2) is 0 Å². The molecule has 10 heavy (non-hydrogen) atoms. The molecule has 0 atom stereocenters. The summed E-state index contributed by atoms with van der Waals surface area (Å²) in [5, 5.41) is 3.14. The molecule has 1 N–H and O–H groups in total. The van der Waals surface area contributed by atoms with Gasteiger partial charge in [0.2, 0.25) is 0 Å². The van der Waals surface area contributed by atoms with Crippen LogP contribution in [0.2, 0.25) is 0 Å². The fourth-order valence-corrected chi connectivity index (χ4v) is 1.17. The fourth-order valence-electron chi connectivity index (χ4n) is 0.944. The van der Waals surface area contributed by atoms with Crippen LogP contribution < -0.4 is 5.32 Å². The molecule has 0 fully saturated rings. The van der Waals surface area contributed by atoms with E-state index in [1.807, 2.05) is 7.05 Å². The molecule has 0 aliphatic heterocycles. The van der Waals surface area contributed by atoms with Gasteiger partial charge in [0, 0.05) is 0 Å². The van der Waals surface area contributed by atoms with Gasteiger partial charge in [-0.15, -0.1) is 0 Å². The average molecular weight is 161 g/mol. The third-order valence-corrected chi connectivity index (χ3v) is 1.90. The molecule has 0 saturated carbocycles. The van der Waals surface area contributed by atoms with Crippen LogP contribution in [0.15, 0.2) is 0 Å². The molecule has 1 nitrogen and oxygen atoms in total. The first-order valence-corrected chi connectivity index (χ1v) is 4.80. The predicted octanol–water partition coefficient (Wildman–Crippen LogP) is 2.09. The van der Waals surface area contributed by atoms with Crippen LogP contribution in [0.25, 0.3) is 0 Å². The topological polar surface area (TPSA) is 12.0 Å². The molecule has 62 valence electrons. The van der Waals surface area contributed by atoms with Crippen molar-refractivity contribution in [1.29, 1.82) is 0 Å². The standard InChI is InChI=1S/C8H19NS/c1-9-7-5-3-2-4-6-8-10/h9-10H,2-8H2,1H3.